The first-order valence-corrected chi connectivity index (χ1v) is 8.03. The minimum absolute atomic E-state index is 0.00194. The van der Waals surface area contributed by atoms with Crippen LogP contribution in [0.1, 0.15) is 12.8 Å². The lowest BCUT2D eigenvalue weighted by molar-refractivity contribution is 0.192. The summed E-state index contributed by atoms with van der Waals surface area (Å²) in [5.74, 6) is 0. The molecule has 0 unspecified atom stereocenters. The van der Waals surface area contributed by atoms with Gasteiger partial charge in [-0.05, 0) is 25.0 Å². The molecule has 4 nitrogen and oxygen atoms in total. The van der Waals surface area contributed by atoms with Crippen molar-refractivity contribution in [3.05, 3.63) is 28.2 Å². The molecule has 1 fully saturated rings. The Morgan fingerprint density at radius 1 is 1.37 bits per heavy atom. The van der Waals surface area contributed by atoms with Crippen LogP contribution in [-0.2, 0) is 10.0 Å². The largest absolute Gasteiger partial charge is 0.396 e. The van der Waals surface area contributed by atoms with E-state index < -0.39 is 10.0 Å². The highest BCUT2D eigenvalue weighted by atomic mass is 35.5. The summed E-state index contributed by atoms with van der Waals surface area (Å²) in [6.07, 6.45) is 1.68. The van der Waals surface area contributed by atoms with Gasteiger partial charge >= 0.3 is 0 Å². The molecule has 0 heterocycles. The molecular formula is C12H15Cl2NO3S. The summed E-state index contributed by atoms with van der Waals surface area (Å²) >= 11 is 11.8. The third kappa shape index (κ3) is 2.90. The first kappa shape index (κ1) is 15.1. The molecule has 106 valence electrons. The molecule has 1 N–H and O–H groups in total. The molecule has 0 amide bonds. The van der Waals surface area contributed by atoms with Crippen LogP contribution < -0.4 is 0 Å². The Bertz CT molecular complexity index is 585. The lowest BCUT2D eigenvalue weighted by Gasteiger charge is -2.22. The summed E-state index contributed by atoms with van der Waals surface area (Å²) in [5, 5.41) is 9.51. The zero-order valence-corrected chi connectivity index (χ0v) is 12.8. The van der Waals surface area contributed by atoms with Gasteiger partial charge in [-0.2, -0.15) is 0 Å². The standard InChI is InChI=1S/C12H15Cl2NO3S/c1-15(7-12(8-16)5-6-12)19(17,18)10-4-2-3-9(13)11(10)14/h2-4,16H,5-8H2,1H3. The van der Waals surface area contributed by atoms with Gasteiger partial charge in [0, 0.05) is 25.6 Å². The van der Waals surface area contributed by atoms with Crippen LogP contribution in [0.15, 0.2) is 23.1 Å². The molecule has 0 atom stereocenters. The van der Waals surface area contributed by atoms with E-state index in [-0.39, 0.29) is 33.5 Å². The predicted molar refractivity (Wildman–Crippen MR) is 75.0 cm³/mol. The molecule has 0 saturated heterocycles. The van der Waals surface area contributed by atoms with Gasteiger partial charge in [-0.15, -0.1) is 0 Å². The van der Waals surface area contributed by atoms with Crippen LogP contribution in [-0.4, -0.2) is 38.0 Å². The maximum Gasteiger partial charge on any atom is 0.244 e. The Hall–Kier alpha value is -0.330. The highest BCUT2D eigenvalue weighted by Crippen LogP contribution is 2.46. The summed E-state index contributed by atoms with van der Waals surface area (Å²) in [6, 6.07) is 4.52. The lowest BCUT2D eigenvalue weighted by Crippen LogP contribution is -2.34. The molecule has 0 aromatic heterocycles. The topological polar surface area (TPSA) is 57.6 Å². The zero-order chi connectivity index (χ0) is 14.3. The third-order valence-corrected chi connectivity index (χ3v) is 6.23. The molecule has 7 heteroatoms. The minimum atomic E-state index is -3.69. The van der Waals surface area contributed by atoms with Crippen molar-refractivity contribution in [3.63, 3.8) is 0 Å². The average molecular weight is 324 g/mol. The Labute approximate surface area is 123 Å². The summed E-state index contributed by atoms with van der Waals surface area (Å²) < 4.78 is 26.1. The Morgan fingerprint density at radius 3 is 2.53 bits per heavy atom. The minimum Gasteiger partial charge on any atom is -0.396 e. The second-order valence-corrected chi connectivity index (χ2v) is 7.77. The van der Waals surface area contributed by atoms with Crippen LogP contribution >= 0.6 is 23.2 Å². The molecule has 0 radical (unpaired) electrons. The normalized spacial score (nSPS) is 17.7. The van der Waals surface area contributed by atoms with Crippen LogP contribution in [0.3, 0.4) is 0 Å². The lowest BCUT2D eigenvalue weighted by atomic mass is 10.1. The van der Waals surface area contributed by atoms with E-state index in [1.807, 2.05) is 0 Å². The summed E-state index contributed by atoms with van der Waals surface area (Å²) in [4.78, 5) is -0.00194. The molecule has 0 aliphatic heterocycles. The van der Waals surface area contributed by atoms with Gasteiger partial charge in [0.05, 0.1) is 10.0 Å². The first-order valence-electron chi connectivity index (χ1n) is 5.84. The number of sulfonamides is 1. The van der Waals surface area contributed by atoms with Gasteiger partial charge in [0.25, 0.3) is 0 Å². The predicted octanol–water partition coefficient (Wildman–Crippen LogP) is 2.39. The fraction of sp³-hybridized carbons (Fsp3) is 0.500. The summed E-state index contributed by atoms with van der Waals surface area (Å²) in [5.41, 5.74) is -0.285. The highest BCUT2D eigenvalue weighted by molar-refractivity contribution is 7.89. The smallest absolute Gasteiger partial charge is 0.244 e. The molecule has 19 heavy (non-hydrogen) atoms. The van der Waals surface area contributed by atoms with Gasteiger partial charge in [-0.25, -0.2) is 12.7 Å². The van der Waals surface area contributed by atoms with Crippen LogP contribution in [0.4, 0.5) is 0 Å². The Balaban J connectivity index is 2.29. The highest BCUT2D eigenvalue weighted by Gasteiger charge is 2.44. The number of aliphatic hydroxyl groups excluding tert-OH is 1. The fourth-order valence-corrected chi connectivity index (χ4v) is 3.97. The SMILES string of the molecule is CN(CC1(CO)CC1)S(=O)(=O)c1cccc(Cl)c1Cl. The molecule has 0 bridgehead atoms. The third-order valence-electron chi connectivity index (χ3n) is 3.45. The van der Waals surface area contributed by atoms with Crippen molar-refractivity contribution >= 4 is 33.2 Å². The molecule has 1 aliphatic rings. The maximum atomic E-state index is 12.4. The van der Waals surface area contributed by atoms with Crippen molar-refractivity contribution in [2.45, 2.75) is 17.7 Å². The number of hydrogen-bond donors (Lipinski definition) is 1. The Morgan fingerprint density at radius 2 is 2.00 bits per heavy atom. The van der Waals surface area contributed by atoms with Crippen LogP contribution in [0, 0.1) is 5.41 Å². The molecule has 0 spiro atoms. The van der Waals surface area contributed by atoms with Crippen molar-refractivity contribution < 1.29 is 13.5 Å². The van der Waals surface area contributed by atoms with Crippen molar-refractivity contribution in [1.29, 1.82) is 0 Å². The molecule has 1 saturated carbocycles. The molecule has 1 aliphatic carbocycles. The molecular weight excluding hydrogens is 309 g/mol. The quantitative estimate of drug-likeness (QED) is 0.905. The number of nitrogens with zero attached hydrogens (tertiary/aromatic N) is 1. The van der Waals surface area contributed by atoms with Crippen molar-refractivity contribution in [2.24, 2.45) is 5.41 Å². The Kier molecular flexibility index (Phi) is 4.14. The number of hydrogen-bond acceptors (Lipinski definition) is 3. The van der Waals surface area contributed by atoms with E-state index in [1.165, 1.54) is 17.4 Å². The summed E-state index contributed by atoms with van der Waals surface area (Å²) in [7, 11) is -2.20. The van der Waals surface area contributed by atoms with Gasteiger partial charge in [0.15, 0.2) is 0 Å². The zero-order valence-electron chi connectivity index (χ0n) is 10.4. The second kappa shape index (κ2) is 5.22. The van der Waals surface area contributed by atoms with Gasteiger partial charge < -0.3 is 5.11 Å². The number of rotatable bonds is 5. The van der Waals surface area contributed by atoms with E-state index >= 15 is 0 Å². The van der Waals surface area contributed by atoms with Gasteiger partial charge in [-0.3, -0.25) is 0 Å². The van der Waals surface area contributed by atoms with Crippen LogP contribution in [0.25, 0.3) is 0 Å². The van der Waals surface area contributed by atoms with E-state index in [1.54, 1.807) is 12.1 Å². The van der Waals surface area contributed by atoms with Crippen LogP contribution in [0.2, 0.25) is 10.0 Å². The van der Waals surface area contributed by atoms with Crippen molar-refractivity contribution in [1.82, 2.24) is 4.31 Å². The monoisotopic (exact) mass is 323 g/mol. The molecule has 2 rings (SSSR count). The number of halogens is 2. The van der Waals surface area contributed by atoms with Crippen molar-refractivity contribution in [3.8, 4) is 0 Å². The molecule has 1 aromatic rings. The van der Waals surface area contributed by atoms with E-state index in [4.69, 9.17) is 23.2 Å². The number of aliphatic hydroxyl groups is 1. The first-order chi connectivity index (χ1) is 8.82. The van der Waals surface area contributed by atoms with Crippen molar-refractivity contribution in [2.75, 3.05) is 20.2 Å². The van der Waals surface area contributed by atoms with E-state index in [2.05, 4.69) is 0 Å². The van der Waals surface area contributed by atoms with Crippen LogP contribution in [0.5, 0.6) is 0 Å². The van der Waals surface area contributed by atoms with E-state index in [0.717, 1.165) is 12.8 Å². The van der Waals surface area contributed by atoms with Gasteiger partial charge in [-0.1, -0.05) is 29.3 Å². The maximum absolute atomic E-state index is 12.4. The molecule has 1 aromatic carbocycles. The van der Waals surface area contributed by atoms with E-state index in [9.17, 15) is 13.5 Å². The number of benzene rings is 1. The van der Waals surface area contributed by atoms with Gasteiger partial charge in [0.1, 0.15) is 4.90 Å². The average Bonchev–Trinajstić information content (AvgIpc) is 3.12. The van der Waals surface area contributed by atoms with E-state index in [0.29, 0.717) is 0 Å². The van der Waals surface area contributed by atoms with Gasteiger partial charge in [0.2, 0.25) is 10.0 Å². The fourth-order valence-electron chi connectivity index (χ4n) is 1.95. The summed E-state index contributed by atoms with van der Waals surface area (Å²) in [6.45, 7) is 0.283. The second-order valence-electron chi connectivity index (χ2n) is 4.97.